The van der Waals surface area contributed by atoms with Crippen molar-refractivity contribution < 1.29 is 4.74 Å². The monoisotopic (exact) mass is 276 g/mol. The van der Waals surface area contributed by atoms with Crippen molar-refractivity contribution in [1.82, 2.24) is 4.98 Å². The molecule has 92 valence electrons. The summed E-state index contributed by atoms with van der Waals surface area (Å²) in [5, 5.41) is 3.11. The van der Waals surface area contributed by atoms with Gasteiger partial charge in [0.1, 0.15) is 22.9 Å². The fourth-order valence-corrected chi connectivity index (χ4v) is 3.49. The van der Waals surface area contributed by atoms with Crippen LogP contribution in [0.4, 0.5) is 0 Å². The number of para-hydroxylation sites is 1. The standard InChI is InChI=1S/C13H12N2OS2/c14-6-7-16-9-3-1-4-10-12(9)15-13(18-10)11-5-2-8-17-11/h1-5,8H,6-7,14H2. The molecule has 2 N–H and O–H groups in total. The first-order valence-electron chi connectivity index (χ1n) is 5.65. The van der Waals surface area contributed by atoms with Gasteiger partial charge in [-0.3, -0.25) is 0 Å². The van der Waals surface area contributed by atoms with Crippen LogP contribution in [0.25, 0.3) is 20.1 Å². The molecule has 1 aromatic carbocycles. The normalized spacial score (nSPS) is 10.9. The smallest absolute Gasteiger partial charge is 0.146 e. The van der Waals surface area contributed by atoms with Gasteiger partial charge >= 0.3 is 0 Å². The Hall–Kier alpha value is -1.43. The van der Waals surface area contributed by atoms with E-state index >= 15 is 0 Å². The van der Waals surface area contributed by atoms with E-state index in [-0.39, 0.29) is 0 Å². The van der Waals surface area contributed by atoms with Crippen LogP contribution in [0, 0.1) is 0 Å². The third-order valence-corrected chi connectivity index (χ3v) is 4.55. The van der Waals surface area contributed by atoms with E-state index in [9.17, 15) is 0 Å². The van der Waals surface area contributed by atoms with Crippen LogP contribution in [0.1, 0.15) is 0 Å². The first kappa shape index (κ1) is 11.6. The third kappa shape index (κ3) is 2.12. The lowest BCUT2D eigenvalue weighted by Crippen LogP contribution is -2.10. The number of aromatic nitrogens is 1. The molecule has 0 aliphatic rings. The van der Waals surface area contributed by atoms with Crippen LogP contribution in [0.3, 0.4) is 0 Å². The minimum absolute atomic E-state index is 0.512. The average molecular weight is 276 g/mol. The molecule has 0 aliphatic carbocycles. The zero-order valence-corrected chi connectivity index (χ0v) is 11.3. The number of thiazole rings is 1. The molecular formula is C13H12N2OS2. The molecule has 5 heteroatoms. The van der Waals surface area contributed by atoms with Crippen molar-refractivity contribution >= 4 is 32.9 Å². The first-order chi connectivity index (χ1) is 8.88. The number of rotatable bonds is 4. The van der Waals surface area contributed by atoms with Gasteiger partial charge in [0, 0.05) is 6.54 Å². The molecule has 18 heavy (non-hydrogen) atoms. The van der Waals surface area contributed by atoms with Crippen LogP contribution in [-0.4, -0.2) is 18.1 Å². The molecule has 3 rings (SSSR count). The maximum atomic E-state index is 5.62. The molecule has 0 unspecified atom stereocenters. The molecule has 0 aliphatic heterocycles. The fraction of sp³-hybridized carbons (Fsp3) is 0.154. The van der Waals surface area contributed by atoms with Gasteiger partial charge in [0.05, 0.1) is 9.58 Å². The second-order valence-electron chi connectivity index (χ2n) is 3.74. The van der Waals surface area contributed by atoms with E-state index in [1.165, 1.54) is 4.88 Å². The zero-order chi connectivity index (χ0) is 12.4. The summed E-state index contributed by atoms with van der Waals surface area (Å²) in [5.74, 6) is 0.817. The molecule has 0 saturated carbocycles. The van der Waals surface area contributed by atoms with Crippen molar-refractivity contribution in [3.8, 4) is 15.6 Å². The number of ether oxygens (including phenoxy) is 1. The molecule has 2 aromatic heterocycles. The second-order valence-corrected chi connectivity index (χ2v) is 5.71. The topological polar surface area (TPSA) is 48.1 Å². The SMILES string of the molecule is NCCOc1cccc2sc(-c3cccs3)nc12. The van der Waals surface area contributed by atoms with E-state index in [0.29, 0.717) is 13.2 Å². The fourth-order valence-electron chi connectivity index (χ4n) is 1.71. The molecule has 0 bridgehead atoms. The predicted octanol–water partition coefficient (Wildman–Crippen LogP) is 3.36. The molecule has 0 amide bonds. The Kier molecular flexibility index (Phi) is 3.27. The highest BCUT2D eigenvalue weighted by Gasteiger charge is 2.10. The largest absolute Gasteiger partial charge is 0.490 e. The van der Waals surface area contributed by atoms with Crippen molar-refractivity contribution in [2.45, 2.75) is 0 Å². The Morgan fingerprint density at radius 2 is 2.17 bits per heavy atom. The van der Waals surface area contributed by atoms with Crippen LogP contribution in [0.15, 0.2) is 35.7 Å². The number of hydrogen-bond acceptors (Lipinski definition) is 5. The van der Waals surface area contributed by atoms with Crippen molar-refractivity contribution in [3.05, 3.63) is 35.7 Å². The molecular weight excluding hydrogens is 264 g/mol. The van der Waals surface area contributed by atoms with Gasteiger partial charge in [-0.2, -0.15) is 0 Å². The van der Waals surface area contributed by atoms with Gasteiger partial charge in [0.2, 0.25) is 0 Å². The van der Waals surface area contributed by atoms with Crippen molar-refractivity contribution in [2.75, 3.05) is 13.2 Å². The maximum absolute atomic E-state index is 5.62. The van der Waals surface area contributed by atoms with Crippen LogP contribution in [-0.2, 0) is 0 Å². The van der Waals surface area contributed by atoms with Gasteiger partial charge in [-0.15, -0.1) is 22.7 Å². The lowest BCUT2D eigenvalue weighted by Gasteiger charge is -2.03. The lowest BCUT2D eigenvalue weighted by molar-refractivity contribution is 0.331. The van der Waals surface area contributed by atoms with E-state index in [4.69, 9.17) is 10.5 Å². The molecule has 0 spiro atoms. The highest BCUT2D eigenvalue weighted by molar-refractivity contribution is 7.25. The highest BCUT2D eigenvalue weighted by atomic mass is 32.1. The van der Waals surface area contributed by atoms with E-state index in [1.807, 2.05) is 18.2 Å². The predicted molar refractivity (Wildman–Crippen MR) is 77.5 cm³/mol. The summed E-state index contributed by atoms with van der Waals surface area (Å²) in [5.41, 5.74) is 6.39. The van der Waals surface area contributed by atoms with Crippen LogP contribution in [0.2, 0.25) is 0 Å². The molecule has 0 atom stereocenters. The minimum Gasteiger partial charge on any atom is -0.490 e. The molecule has 0 fully saturated rings. The van der Waals surface area contributed by atoms with Crippen LogP contribution < -0.4 is 10.5 Å². The summed E-state index contributed by atoms with van der Waals surface area (Å²) in [4.78, 5) is 5.87. The van der Waals surface area contributed by atoms with Crippen LogP contribution in [0.5, 0.6) is 5.75 Å². The first-order valence-corrected chi connectivity index (χ1v) is 7.34. The van der Waals surface area contributed by atoms with Gasteiger partial charge in [0.15, 0.2) is 0 Å². The quantitative estimate of drug-likeness (QED) is 0.795. The van der Waals surface area contributed by atoms with E-state index < -0.39 is 0 Å². The van der Waals surface area contributed by atoms with Gasteiger partial charge in [-0.1, -0.05) is 12.1 Å². The van der Waals surface area contributed by atoms with Gasteiger partial charge in [0.25, 0.3) is 0 Å². The van der Waals surface area contributed by atoms with Gasteiger partial charge in [-0.05, 0) is 23.6 Å². The van der Waals surface area contributed by atoms with Crippen LogP contribution >= 0.6 is 22.7 Å². The lowest BCUT2D eigenvalue weighted by atomic mass is 10.3. The Bertz CT molecular complexity index is 646. The molecule has 3 nitrogen and oxygen atoms in total. The molecule has 0 saturated heterocycles. The maximum Gasteiger partial charge on any atom is 0.146 e. The number of fused-ring (bicyclic) bond motifs is 1. The third-order valence-electron chi connectivity index (χ3n) is 2.49. The number of benzene rings is 1. The summed E-state index contributed by atoms with van der Waals surface area (Å²) in [6, 6.07) is 10.1. The van der Waals surface area contributed by atoms with Crippen molar-refractivity contribution in [2.24, 2.45) is 5.73 Å². The summed E-state index contributed by atoms with van der Waals surface area (Å²) >= 11 is 3.39. The Morgan fingerprint density at radius 3 is 2.94 bits per heavy atom. The van der Waals surface area contributed by atoms with E-state index in [2.05, 4.69) is 22.5 Å². The van der Waals surface area contributed by atoms with E-state index in [1.54, 1.807) is 22.7 Å². The summed E-state index contributed by atoms with van der Waals surface area (Å²) in [7, 11) is 0. The minimum atomic E-state index is 0.512. The summed E-state index contributed by atoms with van der Waals surface area (Å²) < 4.78 is 6.77. The van der Waals surface area contributed by atoms with Gasteiger partial charge in [-0.25, -0.2) is 4.98 Å². The Labute approximate surface area is 113 Å². The second kappa shape index (κ2) is 5.06. The molecule has 0 radical (unpaired) electrons. The summed E-state index contributed by atoms with van der Waals surface area (Å²) in [6.07, 6.45) is 0. The molecule has 3 aromatic rings. The number of thiophene rings is 1. The van der Waals surface area contributed by atoms with Crippen molar-refractivity contribution in [3.63, 3.8) is 0 Å². The zero-order valence-electron chi connectivity index (χ0n) is 9.63. The Balaban J connectivity index is 2.06. The number of hydrogen-bond donors (Lipinski definition) is 1. The average Bonchev–Trinajstić information content (AvgIpc) is 3.03. The highest BCUT2D eigenvalue weighted by Crippen LogP contribution is 2.36. The summed E-state index contributed by atoms with van der Waals surface area (Å²) in [6.45, 7) is 1.03. The molecule has 2 heterocycles. The number of nitrogens with two attached hydrogens (primary N) is 1. The van der Waals surface area contributed by atoms with Gasteiger partial charge < -0.3 is 10.5 Å². The number of nitrogens with zero attached hydrogens (tertiary/aromatic N) is 1. The van der Waals surface area contributed by atoms with E-state index in [0.717, 1.165) is 21.0 Å². The Morgan fingerprint density at radius 1 is 1.22 bits per heavy atom. The van der Waals surface area contributed by atoms with Crippen molar-refractivity contribution in [1.29, 1.82) is 0 Å².